The summed E-state index contributed by atoms with van der Waals surface area (Å²) in [6.45, 7) is 8.69. The molecule has 1 heterocycles. The second kappa shape index (κ2) is 7.48. The first-order valence-corrected chi connectivity index (χ1v) is 7.50. The number of nitrogens with zero attached hydrogens (tertiary/aromatic N) is 1. The summed E-state index contributed by atoms with van der Waals surface area (Å²) in [5.41, 5.74) is 1.12. The number of amides is 1. The van der Waals surface area contributed by atoms with Gasteiger partial charge in [0.15, 0.2) is 0 Å². The third-order valence-electron chi connectivity index (χ3n) is 3.48. The number of hydrogen-bond acceptors (Lipinski definition) is 2. The van der Waals surface area contributed by atoms with Crippen LogP contribution in [-0.4, -0.2) is 30.4 Å². The Morgan fingerprint density at radius 2 is 2.14 bits per heavy atom. The van der Waals surface area contributed by atoms with Gasteiger partial charge in [-0.15, -0.1) is 12.4 Å². The summed E-state index contributed by atoms with van der Waals surface area (Å²) in [4.78, 5) is 14.5. The molecule has 3 nitrogen and oxygen atoms in total. The van der Waals surface area contributed by atoms with Crippen LogP contribution >= 0.6 is 24.0 Å². The second-order valence-electron chi connectivity index (χ2n) is 6.60. The molecule has 1 N–H and O–H groups in total. The molecular weight excluding hydrogens is 307 g/mol. The van der Waals surface area contributed by atoms with E-state index in [0.717, 1.165) is 30.2 Å². The van der Waals surface area contributed by atoms with E-state index in [1.54, 1.807) is 0 Å². The third-order valence-corrected chi connectivity index (χ3v) is 3.71. The van der Waals surface area contributed by atoms with E-state index in [0.29, 0.717) is 6.42 Å². The summed E-state index contributed by atoms with van der Waals surface area (Å²) in [5.74, 6) is 0.226. The molecule has 1 saturated heterocycles. The molecule has 1 fully saturated rings. The molecule has 21 heavy (non-hydrogen) atoms. The van der Waals surface area contributed by atoms with Crippen LogP contribution in [0.5, 0.6) is 0 Å². The molecule has 118 valence electrons. The number of hydrogen-bond donors (Lipinski definition) is 1. The number of rotatable bonds is 2. The molecule has 1 aromatic carbocycles. The lowest BCUT2D eigenvalue weighted by atomic mass is 9.90. The van der Waals surface area contributed by atoms with Crippen LogP contribution in [0.4, 0.5) is 0 Å². The molecule has 5 heteroatoms. The highest BCUT2D eigenvalue weighted by atomic mass is 35.5. The average molecular weight is 331 g/mol. The van der Waals surface area contributed by atoms with Gasteiger partial charge in [0.1, 0.15) is 0 Å². The lowest BCUT2D eigenvalue weighted by Gasteiger charge is -2.38. The number of benzene rings is 1. The van der Waals surface area contributed by atoms with Gasteiger partial charge in [-0.1, -0.05) is 44.5 Å². The normalized spacial score (nSPS) is 19.0. The molecule has 1 unspecified atom stereocenters. The minimum absolute atomic E-state index is 0. The first kappa shape index (κ1) is 18.3. The van der Waals surface area contributed by atoms with E-state index in [1.807, 2.05) is 29.2 Å². The highest BCUT2D eigenvalue weighted by Gasteiger charge is 2.30. The van der Waals surface area contributed by atoms with Gasteiger partial charge >= 0.3 is 0 Å². The van der Waals surface area contributed by atoms with Crippen LogP contribution in [0.2, 0.25) is 5.02 Å². The zero-order valence-electron chi connectivity index (χ0n) is 12.9. The van der Waals surface area contributed by atoms with Crippen LogP contribution in [-0.2, 0) is 4.79 Å². The van der Waals surface area contributed by atoms with E-state index >= 15 is 0 Å². The highest BCUT2D eigenvalue weighted by Crippen LogP contribution is 2.28. The first-order valence-electron chi connectivity index (χ1n) is 7.12. The molecule has 0 saturated carbocycles. The SMILES string of the molecule is CC(C)(C)CC(=O)N1CCNCC1c1cccc(Cl)c1.Cl. The molecule has 1 aliphatic heterocycles. The van der Waals surface area contributed by atoms with Gasteiger partial charge in [-0.05, 0) is 23.1 Å². The van der Waals surface area contributed by atoms with E-state index in [-0.39, 0.29) is 29.8 Å². The number of carbonyl (C=O) groups is 1. The van der Waals surface area contributed by atoms with E-state index in [9.17, 15) is 4.79 Å². The van der Waals surface area contributed by atoms with Gasteiger partial charge in [0.05, 0.1) is 6.04 Å². The molecule has 0 aliphatic carbocycles. The summed E-state index contributed by atoms with van der Waals surface area (Å²) in [7, 11) is 0. The zero-order chi connectivity index (χ0) is 14.8. The third kappa shape index (κ3) is 5.17. The molecule has 1 atom stereocenters. The molecule has 2 rings (SSSR count). The number of carbonyl (C=O) groups excluding carboxylic acids is 1. The van der Waals surface area contributed by atoms with Crippen molar-refractivity contribution in [1.29, 1.82) is 0 Å². The Labute approximate surface area is 138 Å². The Morgan fingerprint density at radius 1 is 1.43 bits per heavy atom. The summed E-state index contributed by atoms with van der Waals surface area (Å²) >= 11 is 6.07. The lowest BCUT2D eigenvalue weighted by Crippen LogP contribution is -2.49. The maximum atomic E-state index is 12.5. The van der Waals surface area contributed by atoms with Gasteiger partial charge in [0.2, 0.25) is 5.91 Å². The van der Waals surface area contributed by atoms with Crippen molar-refractivity contribution in [1.82, 2.24) is 10.2 Å². The van der Waals surface area contributed by atoms with Crippen LogP contribution in [0.25, 0.3) is 0 Å². The first-order chi connectivity index (χ1) is 9.37. The van der Waals surface area contributed by atoms with E-state index in [2.05, 4.69) is 26.1 Å². The van der Waals surface area contributed by atoms with Crippen molar-refractivity contribution in [3.63, 3.8) is 0 Å². The standard InChI is InChI=1S/C16H23ClN2O.ClH/c1-16(2,3)10-15(20)19-8-7-18-11-14(19)12-5-4-6-13(17)9-12;/h4-6,9,14,18H,7-8,10-11H2,1-3H3;1H. The van der Waals surface area contributed by atoms with E-state index in [4.69, 9.17) is 11.6 Å². The molecule has 1 amide bonds. The van der Waals surface area contributed by atoms with Crippen LogP contribution < -0.4 is 5.32 Å². The van der Waals surface area contributed by atoms with Crippen LogP contribution in [0.1, 0.15) is 38.8 Å². The van der Waals surface area contributed by atoms with Gasteiger partial charge < -0.3 is 10.2 Å². The molecule has 0 radical (unpaired) electrons. The van der Waals surface area contributed by atoms with Gasteiger partial charge in [-0.3, -0.25) is 4.79 Å². The number of piperazine rings is 1. The van der Waals surface area contributed by atoms with Crippen molar-refractivity contribution in [3.8, 4) is 0 Å². The summed E-state index contributed by atoms with van der Waals surface area (Å²) < 4.78 is 0. The molecule has 0 bridgehead atoms. The quantitative estimate of drug-likeness (QED) is 0.897. The summed E-state index contributed by atoms with van der Waals surface area (Å²) in [6.07, 6.45) is 0.573. The van der Waals surface area contributed by atoms with Gasteiger partial charge in [0.25, 0.3) is 0 Å². The monoisotopic (exact) mass is 330 g/mol. The summed E-state index contributed by atoms with van der Waals surface area (Å²) in [5, 5.41) is 4.08. The minimum Gasteiger partial charge on any atom is -0.333 e. The lowest BCUT2D eigenvalue weighted by molar-refractivity contribution is -0.136. The Hall–Kier alpha value is -0.770. The summed E-state index contributed by atoms with van der Waals surface area (Å²) in [6, 6.07) is 7.89. The number of nitrogens with one attached hydrogen (secondary N) is 1. The largest absolute Gasteiger partial charge is 0.333 e. The van der Waals surface area contributed by atoms with Crippen molar-refractivity contribution in [2.75, 3.05) is 19.6 Å². The molecule has 0 spiro atoms. The zero-order valence-corrected chi connectivity index (χ0v) is 14.4. The average Bonchev–Trinajstić information content (AvgIpc) is 2.37. The topological polar surface area (TPSA) is 32.3 Å². The van der Waals surface area contributed by atoms with Crippen molar-refractivity contribution in [2.45, 2.75) is 33.2 Å². The Kier molecular flexibility index (Phi) is 6.51. The fourth-order valence-corrected chi connectivity index (χ4v) is 2.77. The van der Waals surface area contributed by atoms with Gasteiger partial charge in [0, 0.05) is 31.1 Å². The van der Waals surface area contributed by atoms with E-state index < -0.39 is 0 Å². The van der Waals surface area contributed by atoms with Gasteiger partial charge in [-0.25, -0.2) is 0 Å². The van der Waals surface area contributed by atoms with E-state index in [1.165, 1.54) is 0 Å². The molecule has 1 aliphatic rings. The predicted molar refractivity (Wildman–Crippen MR) is 90.1 cm³/mol. The Balaban J connectivity index is 0.00000220. The minimum atomic E-state index is 0. The maximum Gasteiger partial charge on any atom is 0.223 e. The van der Waals surface area contributed by atoms with Crippen molar-refractivity contribution in [2.24, 2.45) is 5.41 Å². The van der Waals surface area contributed by atoms with Gasteiger partial charge in [-0.2, -0.15) is 0 Å². The second-order valence-corrected chi connectivity index (χ2v) is 7.04. The molecular formula is C16H24Cl2N2O. The van der Waals surface area contributed by atoms with Crippen LogP contribution in [0, 0.1) is 5.41 Å². The van der Waals surface area contributed by atoms with Crippen molar-refractivity contribution in [3.05, 3.63) is 34.9 Å². The highest BCUT2D eigenvalue weighted by molar-refractivity contribution is 6.30. The Morgan fingerprint density at radius 3 is 2.76 bits per heavy atom. The fraction of sp³-hybridized carbons (Fsp3) is 0.562. The van der Waals surface area contributed by atoms with Crippen molar-refractivity contribution >= 4 is 29.9 Å². The smallest absolute Gasteiger partial charge is 0.223 e. The van der Waals surface area contributed by atoms with Crippen LogP contribution in [0.3, 0.4) is 0 Å². The number of halogens is 2. The molecule has 0 aromatic heterocycles. The van der Waals surface area contributed by atoms with Crippen LogP contribution in [0.15, 0.2) is 24.3 Å². The molecule has 1 aromatic rings. The van der Waals surface area contributed by atoms with Crippen molar-refractivity contribution < 1.29 is 4.79 Å². The fourth-order valence-electron chi connectivity index (χ4n) is 2.57. The Bertz CT molecular complexity index is 485. The maximum absolute atomic E-state index is 12.5. The predicted octanol–water partition coefficient (Wildman–Crippen LogP) is 3.67.